The van der Waals surface area contributed by atoms with Gasteiger partial charge in [-0.3, -0.25) is 14.9 Å². The number of anilines is 1. The second kappa shape index (κ2) is 8.11. The average molecular weight is 348 g/mol. The second-order valence-electron chi connectivity index (χ2n) is 4.46. The van der Waals surface area contributed by atoms with Gasteiger partial charge in [0, 0.05) is 11.5 Å². The molecule has 0 radical (unpaired) electrons. The van der Waals surface area contributed by atoms with Crippen molar-refractivity contribution >= 4 is 40.2 Å². The van der Waals surface area contributed by atoms with Crippen molar-refractivity contribution in [2.24, 2.45) is 0 Å². The fourth-order valence-corrected chi connectivity index (χ4v) is 2.32. The Morgan fingerprint density at radius 2 is 2.00 bits per heavy atom. The van der Waals surface area contributed by atoms with Gasteiger partial charge in [-0.15, -0.1) is 11.3 Å². The largest absolute Gasteiger partial charge is 0.460 e. The lowest BCUT2D eigenvalue weighted by molar-refractivity contribution is -0.137. The van der Waals surface area contributed by atoms with E-state index >= 15 is 0 Å². The third-order valence-electron chi connectivity index (χ3n) is 2.72. The number of carbonyl (C=O) groups is 3. The number of thiazole rings is 1. The van der Waals surface area contributed by atoms with Crippen LogP contribution < -0.4 is 5.32 Å². The monoisotopic (exact) mass is 348 g/mol. The van der Waals surface area contributed by atoms with E-state index in [1.165, 1.54) is 41.8 Å². The summed E-state index contributed by atoms with van der Waals surface area (Å²) >= 11 is 1.01. The summed E-state index contributed by atoms with van der Waals surface area (Å²) in [5.41, 5.74) is 0.570. The van der Waals surface area contributed by atoms with Crippen LogP contribution in [-0.4, -0.2) is 29.3 Å². The molecule has 8 heteroatoms. The van der Waals surface area contributed by atoms with E-state index in [1.807, 2.05) is 0 Å². The predicted octanol–water partition coefficient (Wildman–Crippen LogP) is 2.68. The Hall–Kier alpha value is -2.87. The predicted molar refractivity (Wildman–Crippen MR) is 87.1 cm³/mol. The van der Waals surface area contributed by atoms with Crippen LogP contribution in [0.3, 0.4) is 0 Å². The van der Waals surface area contributed by atoms with Gasteiger partial charge in [0.1, 0.15) is 11.5 Å². The van der Waals surface area contributed by atoms with Crippen LogP contribution in [0.4, 0.5) is 9.52 Å². The third-order valence-corrected chi connectivity index (χ3v) is 3.48. The number of carbonyl (C=O) groups excluding carboxylic acids is 3. The number of Topliss-reactive ketones (excluding diaryl/α,β-unsaturated/α-hetero) is 1. The van der Waals surface area contributed by atoms with Crippen molar-refractivity contribution in [3.8, 4) is 0 Å². The molecule has 1 aromatic heterocycles. The summed E-state index contributed by atoms with van der Waals surface area (Å²) in [6, 6.07) is 5.62. The lowest BCUT2D eigenvalue weighted by atomic mass is 10.2. The number of amides is 1. The normalized spacial score (nSPS) is 10.6. The first-order chi connectivity index (χ1) is 11.5. The van der Waals surface area contributed by atoms with Crippen LogP contribution in [0.2, 0.25) is 0 Å². The van der Waals surface area contributed by atoms with Crippen LogP contribution in [0.25, 0.3) is 6.08 Å². The van der Waals surface area contributed by atoms with E-state index in [2.05, 4.69) is 15.0 Å². The van der Waals surface area contributed by atoms with Gasteiger partial charge in [0.15, 0.2) is 5.13 Å². The number of benzene rings is 1. The van der Waals surface area contributed by atoms with Gasteiger partial charge in [-0.05, 0) is 30.7 Å². The number of halogens is 1. The molecule has 1 heterocycles. The van der Waals surface area contributed by atoms with Crippen molar-refractivity contribution < 1.29 is 23.5 Å². The number of ketones is 1. The molecule has 124 valence electrons. The van der Waals surface area contributed by atoms with E-state index in [9.17, 15) is 18.8 Å². The topological polar surface area (TPSA) is 85.4 Å². The standard InChI is InChI=1S/C16H13FN2O4S/c1-2-23-15(22)14(21)12-9-24-16(18-12)19-13(20)8-5-10-3-6-11(17)7-4-10/h3-9H,2H2,1H3,(H,18,19,20)/b8-5+. The molecule has 0 saturated heterocycles. The van der Waals surface area contributed by atoms with Crippen molar-refractivity contribution in [1.82, 2.24) is 4.98 Å². The Balaban J connectivity index is 1.96. The first-order valence-electron chi connectivity index (χ1n) is 6.91. The summed E-state index contributed by atoms with van der Waals surface area (Å²) in [4.78, 5) is 38.7. The number of nitrogens with one attached hydrogen (secondary N) is 1. The number of aromatic nitrogens is 1. The Morgan fingerprint density at radius 3 is 2.67 bits per heavy atom. The minimum atomic E-state index is -0.989. The quantitative estimate of drug-likeness (QED) is 0.375. The molecule has 1 aromatic carbocycles. The molecule has 2 aromatic rings. The van der Waals surface area contributed by atoms with Gasteiger partial charge in [-0.1, -0.05) is 12.1 Å². The van der Waals surface area contributed by atoms with Gasteiger partial charge in [0.25, 0.3) is 5.78 Å². The van der Waals surface area contributed by atoms with Crippen LogP contribution in [0.5, 0.6) is 0 Å². The lowest BCUT2D eigenvalue weighted by Gasteiger charge is -1.98. The minimum absolute atomic E-state index is 0.0868. The molecule has 2 rings (SSSR count). The van der Waals surface area contributed by atoms with Gasteiger partial charge < -0.3 is 4.74 Å². The van der Waals surface area contributed by atoms with E-state index in [-0.39, 0.29) is 23.2 Å². The Bertz CT molecular complexity index is 784. The SMILES string of the molecule is CCOC(=O)C(=O)c1csc(NC(=O)/C=C/c2ccc(F)cc2)n1. The molecule has 0 spiro atoms. The highest BCUT2D eigenvalue weighted by Gasteiger charge is 2.20. The highest BCUT2D eigenvalue weighted by molar-refractivity contribution is 7.14. The van der Waals surface area contributed by atoms with Crippen LogP contribution in [0.15, 0.2) is 35.7 Å². The van der Waals surface area contributed by atoms with E-state index in [0.29, 0.717) is 5.56 Å². The van der Waals surface area contributed by atoms with E-state index in [0.717, 1.165) is 11.3 Å². The van der Waals surface area contributed by atoms with Crippen LogP contribution in [0, 0.1) is 5.82 Å². The van der Waals surface area contributed by atoms with Crippen LogP contribution in [-0.2, 0) is 14.3 Å². The molecule has 0 bridgehead atoms. The first-order valence-corrected chi connectivity index (χ1v) is 7.79. The van der Waals surface area contributed by atoms with Crippen molar-refractivity contribution in [2.75, 3.05) is 11.9 Å². The summed E-state index contributed by atoms with van der Waals surface area (Å²) < 4.78 is 17.4. The van der Waals surface area contributed by atoms with Crippen molar-refractivity contribution in [2.45, 2.75) is 6.92 Å². The Morgan fingerprint density at radius 1 is 1.29 bits per heavy atom. The van der Waals surface area contributed by atoms with Crippen molar-refractivity contribution in [3.05, 3.63) is 52.8 Å². The highest BCUT2D eigenvalue weighted by Crippen LogP contribution is 2.16. The summed E-state index contributed by atoms with van der Waals surface area (Å²) in [5.74, 6) is -2.69. The van der Waals surface area contributed by atoms with Crippen LogP contribution >= 0.6 is 11.3 Å². The average Bonchev–Trinajstić information content (AvgIpc) is 3.02. The molecular weight excluding hydrogens is 335 g/mol. The maximum Gasteiger partial charge on any atom is 0.381 e. The zero-order valence-electron chi connectivity index (χ0n) is 12.6. The Kier molecular flexibility index (Phi) is 5.91. The zero-order chi connectivity index (χ0) is 17.5. The molecule has 24 heavy (non-hydrogen) atoms. The van der Waals surface area contributed by atoms with Gasteiger partial charge in [0.05, 0.1) is 6.61 Å². The zero-order valence-corrected chi connectivity index (χ0v) is 13.4. The molecule has 0 aliphatic carbocycles. The van der Waals surface area contributed by atoms with E-state index in [1.54, 1.807) is 6.92 Å². The van der Waals surface area contributed by atoms with Gasteiger partial charge in [-0.2, -0.15) is 0 Å². The molecule has 0 fully saturated rings. The van der Waals surface area contributed by atoms with Crippen molar-refractivity contribution in [1.29, 1.82) is 0 Å². The molecule has 0 aliphatic heterocycles. The molecule has 0 aliphatic rings. The lowest BCUT2D eigenvalue weighted by Crippen LogP contribution is -2.18. The number of hydrogen-bond donors (Lipinski definition) is 1. The maximum absolute atomic E-state index is 12.8. The molecule has 1 N–H and O–H groups in total. The van der Waals surface area contributed by atoms with E-state index < -0.39 is 17.7 Å². The fraction of sp³-hybridized carbons (Fsp3) is 0.125. The fourth-order valence-electron chi connectivity index (χ4n) is 1.63. The van der Waals surface area contributed by atoms with Gasteiger partial charge in [0.2, 0.25) is 5.91 Å². The molecule has 0 unspecified atom stereocenters. The second-order valence-corrected chi connectivity index (χ2v) is 5.32. The first kappa shape index (κ1) is 17.5. The van der Waals surface area contributed by atoms with Crippen molar-refractivity contribution in [3.63, 3.8) is 0 Å². The van der Waals surface area contributed by atoms with Gasteiger partial charge in [-0.25, -0.2) is 14.2 Å². The summed E-state index contributed by atoms with van der Waals surface area (Å²) in [5, 5.41) is 4.01. The third kappa shape index (κ3) is 4.82. The molecular formula is C16H13FN2O4S. The highest BCUT2D eigenvalue weighted by atomic mass is 32.1. The van der Waals surface area contributed by atoms with Gasteiger partial charge >= 0.3 is 5.97 Å². The number of nitrogens with zero attached hydrogens (tertiary/aromatic N) is 1. The minimum Gasteiger partial charge on any atom is -0.460 e. The summed E-state index contributed by atoms with van der Waals surface area (Å²) in [7, 11) is 0. The molecule has 0 atom stereocenters. The van der Waals surface area contributed by atoms with E-state index in [4.69, 9.17) is 0 Å². The molecule has 6 nitrogen and oxygen atoms in total. The molecule has 0 saturated carbocycles. The summed E-state index contributed by atoms with van der Waals surface area (Å²) in [6.07, 6.45) is 2.76. The number of rotatable bonds is 6. The number of ether oxygens (including phenoxy) is 1. The number of esters is 1. The summed E-state index contributed by atoms with van der Waals surface area (Å²) in [6.45, 7) is 1.68. The Labute approximate surface area is 141 Å². The van der Waals surface area contributed by atoms with Crippen LogP contribution in [0.1, 0.15) is 23.0 Å². The number of hydrogen-bond acceptors (Lipinski definition) is 6. The maximum atomic E-state index is 12.8. The molecule has 1 amide bonds. The smallest absolute Gasteiger partial charge is 0.381 e.